The van der Waals surface area contributed by atoms with E-state index in [-0.39, 0.29) is 0 Å². The quantitative estimate of drug-likeness (QED) is 0.574. The zero-order chi connectivity index (χ0) is 15.6. The van der Waals surface area contributed by atoms with E-state index in [1.54, 1.807) is 17.7 Å². The van der Waals surface area contributed by atoms with Gasteiger partial charge in [-0.15, -0.1) is 11.3 Å². The Hall–Kier alpha value is -2.27. The summed E-state index contributed by atoms with van der Waals surface area (Å²) in [6.45, 7) is 2.00. The molecule has 2 heterocycles. The van der Waals surface area contributed by atoms with Crippen molar-refractivity contribution in [2.75, 3.05) is 5.43 Å². The maximum absolute atomic E-state index is 4.52. The lowest BCUT2D eigenvalue weighted by Gasteiger charge is -2.11. The molecule has 0 atom stereocenters. The summed E-state index contributed by atoms with van der Waals surface area (Å²) in [4.78, 5) is 11.4. The molecule has 2 aromatic heterocycles. The van der Waals surface area contributed by atoms with E-state index in [1.807, 2.05) is 25.1 Å². The molecule has 1 aliphatic carbocycles. The van der Waals surface area contributed by atoms with Gasteiger partial charge in [-0.3, -0.25) is 5.43 Å². The van der Waals surface area contributed by atoms with Crippen LogP contribution >= 0.6 is 11.3 Å². The first kappa shape index (κ1) is 14.3. The van der Waals surface area contributed by atoms with Crippen molar-refractivity contribution in [3.05, 3.63) is 52.7 Å². The molecule has 116 valence electrons. The molecule has 4 nitrogen and oxygen atoms in total. The lowest BCUT2D eigenvalue weighted by Crippen LogP contribution is -2.03. The summed E-state index contributed by atoms with van der Waals surface area (Å²) < 4.78 is 0. The normalized spacial score (nSPS) is 14.7. The third kappa shape index (κ3) is 2.72. The number of fused-ring (bicyclic) bond motifs is 3. The molecular weight excluding hydrogens is 304 g/mol. The smallest absolute Gasteiger partial charge is 0.158 e. The highest BCUT2D eigenvalue weighted by atomic mass is 32.1. The molecule has 23 heavy (non-hydrogen) atoms. The van der Waals surface area contributed by atoms with Crippen molar-refractivity contribution >= 4 is 33.1 Å². The fraction of sp³-hybridized carbons (Fsp3) is 0.278. The molecule has 0 radical (unpaired) electrons. The number of anilines is 1. The molecule has 5 heteroatoms. The maximum Gasteiger partial charge on any atom is 0.158 e. The van der Waals surface area contributed by atoms with Crippen LogP contribution in [0.5, 0.6) is 0 Å². The Morgan fingerprint density at radius 1 is 1.13 bits per heavy atom. The van der Waals surface area contributed by atoms with Crippen molar-refractivity contribution < 1.29 is 0 Å². The summed E-state index contributed by atoms with van der Waals surface area (Å²) in [5, 5.41) is 5.69. The van der Waals surface area contributed by atoms with E-state index in [9.17, 15) is 0 Å². The van der Waals surface area contributed by atoms with Gasteiger partial charge in [-0.2, -0.15) is 5.10 Å². The Balaban J connectivity index is 1.71. The van der Waals surface area contributed by atoms with Crippen LogP contribution in [0.4, 0.5) is 5.82 Å². The fourth-order valence-electron chi connectivity index (χ4n) is 3.06. The van der Waals surface area contributed by atoms with E-state index >= 15 is 0 Å². The van der Waals surface area contributed by atoms with Gasteiger partial charge < -0.3 is 0 Å². The van der Waals surface area contributed by atoms with Crippen LogP contribution in [0, 0.1) is 0 Å². The Morgan fingerprint density at radius 3 is 2.83 bits per heavy atom. The fourth-order valence-corrected chi connectivity index (χ4v) is 4.28. The molecule has 0 amide bonds. The number of hydrogen-bond donors (Lipinski definition) is 1. The van der Waals surface area contributed by atoms with Crippen LogP contribution in [0.25, 0.3) is 10.2 Å². The SMILES string of the molecule is CC(=NNc1ncnc2sc3c(c12)CCCC3)c1ccccc1. The van der Waals surface area contributed by atoms with Crippen LogP contribution in [-0.2, 0) is 12.8 Å². The molecule has 4 rings (SSSR count). The molecule has 0 saturated heterocycles. The van der Waals surface area contributed by atoms with Gasteiger partial charge in [0.25, 0.3) is 0 Å². The van der Waals surface area contributed by atoms with E-state index in [4.69, 9.17) is 0 Å². The zero-order valence-electron chi connectivity index (χ0n) is 13.0. The zero-order valence-corrected chi connectivity index (χ0v) is 13.9. The molecule has 0 unspecified atom stereocenters. The first-order valence-electron chi connectivity index (χ1n) is 7.94. The molecule has 0 bridgehead atoms. The summed E-state index contributed by atoms with van der Waals surface area (Å²) in [5.41, 5.74) is 6.64. The monoisotopic (exact) mass is 322 g/mol. The van der Waals surface area contributed by atoms with E-state index in [0.717, 1.165) is 33.7 Å². The molecule has 0 fully saturated rings. The summed E-state index contributed by atoms with van der Waals surface area (Å²) in [5.74, 6) is 0.824. The second-order valence-electron chi connectivity index (χ2n) is 5.79. The molecule has 3 aromatic rings. The summed E-state index contributed by atoms with van der Waals surface area (Å²) in [6.07, 6.45) is 6.45. The van der Waals surface area contributed by atoms with Crippen molar-refractivity contribution in [2.45, 2.75) is 32.6 Å². The molecule has 0 spiro atoms. The van der Waals surface area contributed by atoms with Gasteiger partial charge in [0, 0.05) is 4.88 Å². The first-order valence-corrected chi connectivity index (χ1v) is 8.75. The second kappa shape index (κ2) is 6.08. The van der Waals surface area contributed by atoms with Crippen molar-refractivity contribution in [2.24, 2.45) is 5.10 Å². The number of aromatic nitrogens is 2. The van der Waals surface area contributed by atoms with Crippen LogP contribution < -0.4 is 5.43 Å². The van der Waals surface area contributed by atoms with E-state index in [2.05, 4.69) is 32.6 Å². The number of rotatable bonds is 3. The van der Waals surface area contributed by atoms with Crippen LogP contribution in [0.15, 0.2) is 41.8 Å². The number of aryl methyl sites for hydroxylation is 2. The molecule has 1 aliphatic rings. The molecular formula is C18H18N4S. The highest BCUT2D eigenvalue weighted by Gasteiger charge is 2.19. The van der Waals surface area contributed by atoms with Crippen LogP contribution in [0.3, 0.4) is 0 Å². The predicted octanol–water partition coefficient (Wildman–Crippen LogP) is 4.41. The highest BCUT2D eigenvalue weighted by molar-refractivity contribution is 7.19. The van der Waals surface area contributed by atoms with Crippen LogP contribution in [0.1, 0.15) is 35.8 Å². The van der Waals surface area contributed by atoms with Crippen molar-refractivity contribution in [1.29, 1.82) is 0 Å². The summed E-state index contributed by atoms with van der Waals surface area (Å²) in [7, 11) is 0. The number of nitrogens with one attached hydrogen (secondary N) is 1. The number of hydrogen-bond acceptors (Lipinski definition) is 5. The van der Waals surface area contributed by atoms with Gasteiger partial charge in [-0.1, -0.05) is 30.3 Å². The third-order valence-electron chi connectivity index (χ3n) is 4.27. The van der Waals surface area contributed by atoms with Crippen molar-refractivity contribution in [1.82, 2.24) is 9.97 Å². The second-order valence-corrected chi connectivity index (χ2v) is 6.87. The maximum atomic E-state index is 4.52. The van der Waals surface area contributed by atoms with E-state index in [0.29, 0.717) is 0 Å². The number of thiophene rings is 1. The third-order valence-corrected chi connectivity index (χ3v) is 5.47. The average Bonchev–Trinajstić information content (AvgIpc) is 2.99. The van der Waals surface area contributed by atoms with Crippen LogP contribution in [0.2, 0.25) is 0 Å². The molecule has 1 N–H and O–H groups in total. The van der Waals surface area contributed by atoms with E-state index in [1.165, 1.54) is 29.7 Å². The standard InChI is InChI=1S/C18H18N4S/c1-12(13-7-3-2-4-8-13)21-22-17-16-14-9-5-6-10-15(14)23-18(16)20-11-19-17/h2-4,7-8,11H,5-6,9-10H2,1H3,(H,19,20,22). The number of benzene rings is 1. The van der Waals surface area contributed by atoms with Crippen molar-refractivity contribution in [3.63, 3.8) is 0 Å². The topological polar surface area (TPSA) is 50.2 Å². The van der Waals surface area contributed by atoms with E-state index < -0.39 is 0 Å². The molecule has 0 aliphatic heterocycles. The minimum atomic E-state index is 0.824. The number of hydrazone groups is 1. The summed E-state index contributed by atoms with van der Waals surface area (Å²) >= 11 is 1.80. The minimum Gasteiger partial charge on any atom is -0.260 e. The lowest BCUT2D eigenvalue weighted by molar-refractivity contribution is 0.700. The Bertz CT molecular complexity index is 867. The molecule has 1 aromatic carbocycles. The van der Waals surface area contributed by atoms with Gasteiger partial charge in [0.15, 0.2) is 5.82 Å². The van der Waals surface area contributed by atoms with Gasteiger partial charge in [-0.05, 0) is 43.7 Å². The Kier molecular flexibility index (Phi) is 3.79. The predicted molar refractivity (Wildman–Crippen MR) is 96.3 cm³/mol. The lowest BCUT2D eigenvalue weighted by atomic mass is 9.97. The average molecular weight is 322 g/mol. The number of nitrogens with zero attached hydrogens (tertiary/aromatic N) is 3. The molecule has 0 saturated carbocycles. The van der Waals surface area contributed by atoms with Gasteiger partial charge in [0.1, 0.15) is 11.2 Å². The van der Waals surface area contributed by atoms with Gasteiger partial charge in [0.2, 0.25) is 0 Å². The van der Waals surface area contributed by atoms with Crippen molar-refractivity contribution in [3.8, 4) is 0 Å². The van der Waals surface area contributed by atoms with Gasteiger partial charge in [0.05, 0.1) is 11.1 Å². The minimum absolute atomic E-state index is 0.824. The largest absolute Gasteiger partial charge is 0.260 e. The first-order chi connectivity index (χ1) is 11.3. The Labute approximate surface area is 139 Å². The van der Waals surface area contributed by atoms with Crippen LogP contribution in [-0.4, -0.2) is 15.7 Å². The Morgan fingerprint density at radius 2 is 1.96 bits per heavy atom. The van der Waals surface area contributed by atoms with Gasteiger partial charge in [-0.25, -0.2) is 9.97 Å². The van der Waals surface area contributed by atoms with Gasteiger partial charge >= 0.3 is 0 Å². The highest BCUT2D eigenvalue weighted by Crippen LogP contribution is 2.38. The summed E-state index contributed by atoms with van der Waals surface area (Å²) in [6, 6.07) is 10.2.